The Balaban J connectivity index is 2.55. The first-order valence-corrected chi connectivity index (χ1v) is 3.49. The van der Waals surface area contributed by atoms with Gasteiger partial charge in [-0.15, -0.1) is 0 Å². The highest BCUT2D eigenvalue weighted by atomic mass is 14.9. The molecule has 58 valence electrons. The Morgan fingerprint density at radius 3 is 3.00 bits per heavy atom. The number of aromatic amines is 2. The SMILES string of the molecule is N#Cc1nc[nH]c1-c1ccc[nH]1. The Morgan fingerprint density at radius 1 is 1.42 bits per heavy atom. The minimum atomic E-state index is 0.414. The lowest BCUT2D eigenvalue weighted by Crippen LogP contribution is -1.81. The zero-order valence-electron chi connectivity index (χ0n) is 6.20. The van der Waals surface area contributed by atoms with Gasteiger partial charge in [-0.25, -0.2) is 4.98 Å². The van der Waals surface area contributed by atoms with Crippen LogP contribution < -0.4 is 0 Å². The van der Waals surface area contributed by atoms with E-state index < -0.39 is 0 Å². The van der Waals surface area contributed by atoms with Crippen LogP contribution in [0, 0.1) is 11.3 Å². The summed E-state index contributed by atoms with van der Waals surface area (Å²) in [6.45, 7) is 0. The molecule has 0 aromatic carbocycles. The van der Waals surface area contributed by atoms with Crippen molar-refractivity contribution >= 4 is 0 Å². The van der Waals surface area contributed by atoms with Crippen LogP contribution in [0.4, 0.5) is 0 Å². The molecule has 0 aliphatic carbocycles. The highest BCUT2D eigenvalue weighted by Gasteiger charge is 2.06. The molecule has 0 aliphatic heterocycles. The largest absolute Gasteiger partial charge is 0.360 e. The molecule has 4 heteroatoms. The lowest BCUT2D eigenvalue weighted by molar-refractivity contribution is 1.29. The number of nitriles is 1. The maximum atomic E-state index is 8.66. The third-order valence-electron chi connectivity index (χ3n) is 1.61. The van der Waals surface area contributed by atoms with Crippen LogP contribution in [0.5, 0.6) is 0 Å². The Morgan fingerprint density at radius 2 is 2.33 bits per heavy atom. The van der Waals surface area contributed by atoms with Gasteiger partial charge in [0, 0.05) is 6.20 Å². The molecular formula is C8H6N4. The van der Waals surface area contributed by atoms with Gasteiger partial charge in [0.25, 0.3) is 0 Å². The highest BCUT2D eigenvalue weighted by molar-refractivity contribution is 5.60. The molecule has 4 nitrogen and oxygen atoms in total. The van der Waals surface area contributed by atoms with E-state index in [1.165, 1.54) is 6.33 Å². The molecule has 0 spiro atoms. The van der Waals surface area contributed by atoms with Gasteiger partial charge in [-0.1, -0.05) is 0 Å². The summed E-state index contributed by atoms with van der Waals surface area (Å²) < 4.78 is 0. The second kappa shape index (κ2) is 2.55. The van der Waals surface area contributed by atoms with E-state index in [0.29, 0.717) is 5.69 Å². The van der Waals surface area contributed by atoms with Gasteiger partial charge in [-0.05, 0) is 12.1 Å². The highest BCUT2D eigenvalue weighted by Crippen LogP contribution is 2.16. The molecule has 2 N–H and O–H groups in total. The molecule has 12 heavy (non-hydrogen) atoms. The Bertz CT molecular complexity index is 404. The van der Waals surface area contributed by atoms with Crippen molar-refractivity contribution in [2.75, 3.05) is 0 Å². The molecular weight excluding hydrogens is 152 g/mol. The zero-order valence-corrected chi connectivity index (χ0v) is 6.20. The van der Waals surface area contributed by atoms with Crippen molar-refractivity contribution < 1.29 is 0 Å². The first-order chi connectivity index (χ1) is 5.92. The third-order valence-corrected chi connectivity index (χ3v) is 1.61. The van der Waals surface area contributed by atoms with Gasteiger partial charge in [-0.2, -0.15) is 5.26 Å². The number of hydrogen-bond donors (Lipinski definition) is 2. The van der Waals surface area contributed by atoms with Crippen LogP contribution in [-0.4, -0.2) is 15.0 Å². The quantitative estimate of drug-likeness (QED) is 0.656. The minimum absolute atomic E-state index is 0.414. The summed E-state index contributed by atoms with van der Waals surface area (Å²) in [7, 11) is 0. The number of aromatic nitrogens is 3. The van der Waals surface area contributed by atoms with Gasteiger partial charge < -0.3 is 9.97 Å². The van der Waals surface area contributed by atoms with Gasteiger partial charge in [-0.3, -0.25) is 0 Å². The van der Waals surface area contributed by atoms with E-state index in [1.54, 1.807) is 6.20 Å². The molecule has 2 rings (SSSR count). The van der Waals surface area contributed by atoms with Crippen molar-refractivity contribution in [3.8, 4) is 17.5 Å². The van der Waals surface area contributed by atoms with Crippen LogP contribution in [-0.2, 0) is 0 Å². The third kappa shape index (κ3) is 0.883. The summed E-state index contributed by atoms with van der Waals surface area (Å²) in [5, 5.41) is 8.66. The second-order valence-electron chi connectivity index (χ2n) is 2.32. The predicted octanol–water partition coefficient (Wildman–Crippen LogP) is 1.28. The summed E-state index contributed by atoms with van der Waals surface area (Å²) in [5.74, 6) is 0. The van der Waals surface area contributed by atoms with Crippen molar-refractivity contribution in [2.24, 2.45) is 0 Å². The number of nitrogens with one attached hydrogen (secondary N) is 2. The summed E-state index contributed by atoms with van der Waals surface area (Å²) >= 11 is 0. The minimum Gasteiger partial charge on any atom is -0.360 e. The molecule has 2 aromatic heterocycles. The average Bonchev–Trinajstić information content (AvgIpc) is 2.74. The first-order valence-electron chi connectivity index (χ1n) is 3.49. The molecule has 0 unspecified atom stereocenters. The number of rotatable bonds is 1. The molecule has 0 saturated carbocycles. The predicted molar refractivity (Wildman–Crippen MR) is 43.1 cm³/mol. The number of H-pyrrole nitrogens is 2. The van der Waals surface area contributed by atoms with E-state index in [9.17, 15) is 0 Å². The van der Waals surface area contributed by atoms with E-state index in [4.69, 9.17) is 5.26 Å². The van der Waals surface area contributed by atoms with Crippen LogP contribution in [0.3, 0.4) is 0 Å². The number of imidazole rings is 1. The maximum absolute atomic E-state index is 8.66. The first kappa shape index (κ1) is 6.68. The molecule has 0 saturated heterocycles. The molecule has 2 heterocycles. The topological polar surface area (TPSA) is 68.3 Å². The van der Waals surface area contributed by atoms with Gasteiger partial charge in [0.15, 0.2) is 5.69 Å². The Kier molecular flexibility index (Phi) is 1.42. The van der Waals surface area contributed by atoms with Crippen LogP contribution in [0.15, 0.2) is 24.7 Å². The zero-order chi connectivity index (χ0) is 8.39. The smallest absolute Gasteiger partial charge is 0.167 e. The monoisotopic (exact) mass is 158 g/mol. The maximum Gasteiger partial charge on any atom is 0.167 e. The van der Waals surface area contributed by atoms with E-state index in [0.717, 1.165) is 11.4 Å². The van der Waals surface area contributed by atoms with Gasteiger partial charge in [0.2, 0.25) is 0 Å². The van der Waals surface area contributed by atoms with Crippen LogP contribution in [0.25, 0.3) is 11.4 Å². The fourth-order valence-electron chi connectivity index (χ4n) is 1.07. The lowest BCUT2D eigenvalue weighted by Gasteiger charge is -1.90. The van der Waals surface area contributed by atoms with Crippen LogP contribution in [0.1, 0.15) is 5.69 Å². The fourth-order valence-corrected chi connectivity index (χ4v) is 1.07. The standard InChI is InChI=1S/C8H6N4/c9-4-7-8(12-5-11-7)6-2-1-3-10-6/h1-3,5,10H,(H,11,12). The van der Waals surface area contributed by atoms with E-state index in [2.05, 4.69) is 15.0 Å². The van der Waals surface area contributed by atoms with Crippen LogP contribution >= 0.6 is 0 Å². The fraction of sp³-hybridized carbons (Fsp3) is 0. The number of nitrogens with zero attached hydrogens (tertiary/aromatic N) is 2. The normalized spacial score (nSPS) is 9.58. The average molecular weight is 158 g/mol. The lowest BCUT2D eigenvalue weighted by atomic mass is 10.3. The molecule has 0 atom stereocenters. The summed E-state index contributed by atoms with van der Waals surface area (Å²) in [6.07, 6.45) is 3.31. The summed E-state index contributed by atoms with van der Waals surface area (Å²) in [6, 6.07) is 5.76. The van der Waals surface area contributed by atoms with Crippen molar-refractivity contribution in [2.45, 2.75) is 0 Å². The van der Waals surface area contributed by atoms with Gasteiger partial charge in [0.1, 0.15) is 11.8 Å². The molecule has 0 bridgehead atoms. The van der Waals surface area contributed by atoms with Crippen molar-refractivity contribution in [3.05, 3.63) is 30.4 Å². The Labute approximate surface area is 68.9 Å². The molecule has 2 aromatic rings. The van der Waals surface area contributed by atoms with Crippen molar-refractivity contribution in [1.29, 1.82) is 5.26 Å². The van der Waals surface area contributed by atoms with E-state index in [1.807, 2.05) is 18.2 Å². The summed E-state index contributed by atoms with van der Waals surface area (Å²) in [4.78, 5) is 9.74. The second-order valence-corrected chi connectivity index (χ2v) is 2.32. The van der Waals surface area contributed by atoms with Gasteiger partial charge >= 0.3 is 0 Å². The van der Waals surface area contributed by atoms with Gasteiger partial charge in [0.05, 0.1) is 12.0 Å². The van der Waals surface area contributed by atoms with Crippen molar-refractivity contribution in [1.82, 2.24) is 15.0 Å². The molecule has 0 radical (unpaired) electrons. The van der Waals surface area contributed by atoms with E-state index >= 15 is 0 Å². The number of hydrogen-bond acceptors (Lipinski definition) is 2. The van der Waals surface area contributed by atoms with Crippen molar-refractivity contribution in [3.63, 3.8) is 0 Å². The Hall–Kier alpha value is -2.02. The summed E-state index contributed by atoms with van der Waals surface area (Å²) in [5.41, 5.74) is 2.03. The molecule has 0 fully saturated rings. The van der Waals surface area contributed by atoms with Crippen LogP contribution in [0.2, 0.25) is 0 Å². The van der Waals surface area contributed by atoms with E-state index in [-0.39, 0.29) is 0 Å². The molecule has 0 amide bonds. The molecule has 0 aliphatic rings.